The van der Waals surface area contributed by atoms with E-state index in [0.717, 1.165) is 5.56 Å². The van der Waals surface area contributed by atoms with Crippen molar-refractivity contribution in [2.75, 3.05) is 11.9 Å². The first kappa shape index (κ1) is 27.5. The van der Waals surface area contributed by atoms with Crippen molar-refractivity contribution in [3.05, 3.63) is 65.6 Å². The number of aliphatic hydroxyl groups is 2. The third kappa shape index (κ3) is 6.14. The molecule has 1 aliphatic carbocycles. The molecule has 3 aromatic heterocycles. The summed E-state index contributed by atoms with van der Waals surface area (Å²) in [5.41, 5.74) is 1.13. The van der Waals surface area contributed by atoms with E-state index in [1.54, 1.807) is 31.3 Å². The summed E-state index contributed by atoms with van der Waals surface area (Å²) in [6, 6.07) is 9.62. The predicted molar refractivity (Wildman–Crippen MR) is 138 cm³/mol. The summed E-state index contributed by atoms with van der Waals surface area (Å²) in [6.07, 6.45) is 2.54. The van der Waals surface area contributed by atoms with Gasteiger partial charge in [0.2, 0.25) is 0 Å². The van der Waals surface area contributed by atoms with Crippen molar-refractivity contribution >= 4 is 17.6 Å². The molecule has 2 atom stereocenters. The second-order valence-corrected chi connectivity index (χ2v) is 10.1. The predicted octanol–water partition coefficient (Wildman–Crippen LogP) is 5.41. The van der Waals surface area contributed by atoms with Crippen LogP contribution in [0.15, 0.2) is 48.8 Å². The van der Waals surface area contributed by atoms with Crippen molar-refractivity contribution in [3.63, 3.8) is 0 Å². The molecule has 0 radical (unpaired) electrons. The quantitative estimate of drug-likeness (QED) is 0.291. The molecule has 0 saturated heterocycles. The highest BCUT2D eigenvalue weighted by atomic mass is 19.3. The Morgan fingerprint density at radius 1 is 1.08 bits per heavy atom. The molecule has 3 heterocycles. The fraction of sp³-hybridized carbons (Fsp3) is 0.429. The fourth-order valence-corrected chi connectivity index (χ4v) is 4.89. The monoisotopic (exact) mass is 526 g/mol. The van der Waals surface area contributed by atoms with Gasteiger partial charge in [0.1, 0.15) is 17.2 Å². The number of alkyl halides is 2. The van der Waals surface area contributed by atoms with Gasteiger partial charge in [-0.05, 0) is 80.5 Å². The van der Waals surface area contributed by atoms with Crippen LogP contribution in [0.3, 0.4) is 0 Å². The zero-order chi connectivity index (χ0) is 27.4. The molecule has 0 bridgehead atoms. The van der Waals surface area contributed by atoms with Crippen LogP contribution < -0.4 is 5.32 Å². The van der Waals surface area contributed by atoms with E-state index < -0.39 is 18.0 Å². The maximum absolute atomic E-state index is 13.1. The van der Waals surface area contributed by atoms with Gasteiger partial charge in [0.25, 0.3) is 6.43 Å². The number of aliphatic carboxylic acids is 1. The molecule has 1 aliphatic rings. The highest BCUT2D eigenvalue weighted by molar-refractivity contribution is 5.70. The number of pyridine rings is 3. The second kappa shape index (κ2) is 11.5. The SMILES string of the molecule is CC(CO)c1cc(Nc2cc(C(F)F)ccn2)nc(-c2ccc(C(C)(O)C3CCC(C(=O)O)CC3)nc2)c1. The Labute approximate surface area is 219 Å². The number of hydrogen-bond acceptors (Lipinski definition) is 7. The van der Waals surface area contributed by atoms with Crippen LogP contribution >= 0.6 is 0 Å². The molecule has 10 heteroatoms. The summed E-state index contributed by atoms with van der Waals surface area (Å²) < 4.78 is 26.2. The zero-order valence-corrected chi connectivity index (χ0v) is 21.3. The van der Waals surface area contributed by atoms with E-state index in [4.69, 9.17) is 0 Å². The maximum Gasteiger partial charge on any atom is 0.306 e. The van der Waals surface area contributed by atoms with Crippen LogP contribution in [0.5, 0.6) is 0 Å². The van der Waals surface area contributed by atoms with Gasteiger partial charge in [-0.25, -0.2) is 18.7 Å². The minimum Gasteiger partial charge on any atom is -0.481 e. The standard InChI is InChI=1S/C28H32F2N4O4/c1-16(15-35)20-11-22(33-25(13-20)34-24-12-18(26(29)30)9-10-31-24)19-5-8-23(32-14-19)28(2,38)21-6-3-17(4-7-21)27(36)37/h5,8-14,16-17,21,26,35,38H,3-4,6-7,15H2,1-2H3,(H,36,37)(H,31,33,34). The minimum atomic E-state index is -2.63. The molecule has 0 aliphatic heterocycles. The lowest BCUT2D eigenvalue weighted by Gasteiger charge is -2.36. The van der Waals surface area contributed by atoms with Crippen LogP contribution in [-0.4, -0.2) is 42.8 Å². The normalized spacial score (nSPS) is 20.1. The molecule has 202 valence electrons. The number of carboxylic acid groups (broad SMARTS) is 1. The maximum atomic E-state index is 13.1. The third-order valence-electron chi connectivity index (χ3n) is 7.43. The van der Waals surface area contributed by atoms with E-state index in [9.17, 15) is 28.9 Å². The number of carbonyl (C=O) groups is 1. The van der Waals surface area contributed by atoms with E-state index in [1.165, 1.54) is 18.3 Å². The van der Waals surface area contributed by atoms with Gasteiger partial charge in [0, 0.05) is 36.0 Å². The topological polar surface area (TPSA) is 128 Å². The molecule has 38 heavy (non-hydrogen) atoms. The van der Waals surface area contributed by atoms with Gasteiger partial charge in [-0.1, -0.05) is 6.92 Å². The summed E-state index contributed by atoms with van der Waals surface area (Å²) in [5, 5.41) is 33.2. The average Bonchev–Trinajstić information content (AvgIpc) is 2.92. The smallest absolute Gasteiger partial charge is 0.306 e. The molecular weight excluding hydrogens is 494 g/mol. The number of carboxylic acids is 1. The summed E-state index contributed by atoms with van der Waals surface area (Å²) in [4.78, 5) is 24.5. The number of nitrogens with zero attached hydrogens (tertiary/aromatic N) is 3. The van der Waals surface area contributed by atoms with Crippen LogP contribution in [0, 0.1) is 11.8 Å². The van der Waals surface area contributed by atoms with Crippen LogP contribution in [0.2, 0.25) is 0 Å². The van der Waals surface area contributed by atoms with Crippen molar-refractivity contribution in [3.8, 4) is 11.3 Å². The van der Waals surface area contributed by atoms with Crippen molar-refractivity contribution in [1.82, 2.24) is 15.0 Å². The summed E-state index contributed by atoms with van der Waals surface area (Å²) in [5.74, 6) is -0.863. The van der Waals surface area contributed by atoms with Crippen molar-refractivity contribution in [2.45, 2.75) is 57.5 Å². The highest BCUT2D eigenvalue weighted by Crippen LogP contribution is 2.40. The van der Waals surface area contributed by atoms with Crippen LogP contribution in [0.1, 0.15) is 68.7 Å². The van der Waals surface area contributed by atoms with Crippen molar-refractivity contribution in [2.24, 2.45) is 11.8 Å². The molecule has 4 rings (SSSR count). The average molecular weight is 527 g/mol. The third-order valence-corrected chi connectivity index (χ3v) is 7.43. The number of nitrogens with one attached hydrogen (secondary N) is 1. The molecule has 3 aromatic rings. The van der Waals surface area contributed by atoms with Gasteiger partial charge in [-0.3, -0.25) is 9.78 Å². The van der Waals surface area contributed by atoms with Gasteiger partial charge in [0.05, 0.1) is 17.3 Å². The minimum absolute atomic E-state index is 0.0911. The van der Waals surface area contributed by atoms with Gasteiger partial charge >= 0.3 is 5.97 Å². The summed E-state index contributed by atoms with van der Waals surface area (Å²) >= 11 is 0. The first-order chi connectivity index (χ1) is 18.1. The molecular formula is C28H32F2N4O4. The number of rotatable bonds is 9. The fourth-order valence-electron chi connectivity index (χ4n) is 4.89. The largest absolute Gasteiger partial charge is 0.481 e. The van der Waals surface area contributed by atoms with Gasteiger partial charge in [-0.2, -0.15) is 0 Å². The Bertz CT molecular complexity index is 1260. The Hall–Kier alpha value is -3.50. The van der Waals surface area contributed by atoms with Gasteiger partial charge < -0.3 is 20.6 Å². The first-order valence-electron chi connectivity index (χ1n) is 12.6. The van der Waals surface area contributed by atoms with Crippen molar-refractivity contribution in [1.29, 1.82) is 0 Å². The van der Waals surface area contributed by atoms with Gasteiger partial charge in [-0.15, -0.1) is 0 Å². The van der Waals surface area contributed by atoms with Crippen LogP contribution in [0.25, 0.3) is 11.3 Å². The van der Waals surface area contributed by atoms with E-state index in [1.807, 2.05) is 13.0 Å². The summed E-state index contributed by atoms with van der Waals surface area (Å²) in [6.45, 7) is 3.48. The molecule has 1 fully saturated rings. The van der Waals surface area contributed by atoms with Crippen molar-refractivity contribution < 1.29 is 28.9 Å². The summed E-state index contributed by atoms with van der Waals surface area (Å²) in [7, 11) is 0. The van der Waals surface area contributed by atoms with E-state index >= 15 is 0 Å². The molecule has 1 saturated carbocycles. The lowest BCUT2D eigenvalue weighted by Crippen LogP contribution is -2.36. The first-order valence-corrected chi connectivity index (χ1v) is 12.6. The lowest BCUT2D eigenvalue weighted by atomic mass is 9.73. The van der Waals surface area contributed by atoms with E-state index in [-0.39, 0.29) is 35.7 Å². The molecule has 0 aromatic carbocycles. The second-order valence-electron chi connectivity index (χ2n) is 10.1. The number of anilines is 2. The number of hydrogen-bond donors (Lipinski definition) is 4. The number of aliphatic hydroxyl groups excluding tert-OH is 1. The molecule has 0 spiro atoms. The Balaban J connectivity index is 1.59. The molecule has 0 amide bonds. The van der Waals surface area contributed by atoms with Gasteiger partial charge in [0.15, 0.2) is 0 Å². The Kier molecular flexibility index (Phi) is 8.32. The van der Waals surface area contributed by atoms with E-state index in [2.05, 4.69) is 20.3 Å². The number of aromatic nitrogens is 3. The highest BCUT2D eigenvalue weighted by Gasteiger charge is 2.38. The molecule has 2 unspecified atom stereocenters. The van der Waals surface area contributed by atoms with Crippen LogP contribution in [-0.2, 0) is 10.4 Å². The Morgan fingerprint density at radius 2 is 1.79 bits per heavy atom. The van der Waals surface area contributed by atoms with E-state index in [0.29, 0.717) is 48.5 Å². The zero-order valence-electron chi connectivity index (χ0n) is 21.3. The van der Waals surface area contributed by atoms with Crippen LogP contribution in [0.4, 0.5) is 20.4 Å². The molecule has 4 N–H and O–H groups in total. The molecule has 8 nitrogen and oxygen atoms in total. The Morgan fingerprint density at radius 3 is 2.39 bits per heavy atom. The number of halogens is 2. The lowest BCUT2D eigenvalue weighted by molar-refractivity contribution is -0.144.